The fourth-order valence-electron chi connectivity index (χ4n) is 2.35. The molecular weight excluding hydrogens is 188 g/mol. The smallest absolute Gasteiger partial charge is 0.205 e. The number of rotatable bonds is 2. The standard InChI is InChI=1S/C11H20N4/c1-14-8-7-13-11(14)15(2)10-5-3-9(12)4-6-10/h7-10H,3-6,12H2,1-2H3. The predicted molar refractivity (Wildman–Crippen MR) is 61.8 cm³/mol. The molecule has 1 aromatic heterocycles. The van der Waals surface area contributed by atoms with E-state index in [1.54, 1.807) is 0 Å². The molecule has 0 amide bonds. The lowest BCUT2D eigenvalue weighted by atomic mass is 9.91. The molecule has 0 saturated heterocycles. The van der Waals surface area contributed by atoms with Crippen LogP contribution in [-0.2, 0) is 7.05 Å². The third-order valence-electron chi connectivity index (χ3n) is 3.40. The van der Waals surface area contributed by atoms with E-state index in [1.807, 2.05) is 19.4 Å². The average Bonchev–Trinajstić information content (AvgIpc) is 2.65. The Morgan fingerprint density at radius 1 is 1.40 bits per heavy atom. The predicted octanol–water partition coefficient (Wildman–Crippen LogP) is 1.13. The van der Waals surface area contributed by atoms with Gasteiger partial charge >= 0.3 is 0 Å². The van der Waals surface area contributed by atoms with Crippen molar-refractivity contribution in [1.82, 2.24) is 9.55 Å². The van der Waals surface area contributed by atoms with E-state index in [4.69, 9.17) is 5.73 Å². The molecule has 15 heavy (non-hydrogen) atoms. The summed E-state index contributed by atoms with van der Waals surface area (Å²) in [7, 11) is 4.16. The first-order chi connectivity index (χ1) is 7.18. The lowest BCUT2D eigenvalue weighted by Gasteiger charge is -2.34. The fraction of sp³-hybridized carbons (Fsp3) is 0.727. The van der Waals surface area contributed by atoms with Crippen molar-refractivity contribution in [2.45, 2.75) is 37.8 Å². The number of aryl methyl sites for hydroxylation is 1. The van der Waals surface area contributed by atoms with E-state index in [1.165, 1.54) is 12.8 Å². The molecule has 0 atom stereocenters. The Morgan fingerprint density at radius 3 is 2.60 bits per heavy atom. The first-order valence-corrected chi connectivity index (χ1v) is 5.64. The maximum Gasteiger partial charge on any atom is 0.205 e. The quantitative estimate of drug-likeness (QED) is 0.792. The summed E-state index contributed by atoms with van der Waals surface area (Å²) in [5.74, 6) is 1.05. The second kappa shape index (κ2) is 4.23. The van der Waals surface area contributed by atoms with Crippen LogP contribution in [-0.4, -0.2) is 28.7 Å². The van der Waals surface area contributed by atoms with Gasteiger partial charge in [0, 0.05) is 38.6 Å². The van der Waals surface area contributed by atoms with Gasteiger partial charge in [-0.25, -0.2) is 4.98 Å². The minimum Gasteiger partial charge on any atom is -0.342 e. The first-order valence-electron chi connectivity index (χ1n) is 5.64. The van der Waals surface area contributed by atoms with Crippen LogP contribution in [0, 0.1) is 0 Å². The van der Waals surface area contributed by atoms with Crippen molar-refractivity contribution in [3.63, 3.8) is 0 Å². The molecule has 0 unspecified atom stereocenters. The molecule has 1 aromatic rings. The summed E-state index contributed by atoms with van der Waals surface area (Å²) in [6, 6.07) is 1.02. The number of nitrogens with zero attached hydrogens (tertiary/aromatic N) is 3. The SMILES string of the molecule is CN(c1nccn1C)C1CCC(N)CC1. The topological polar surface area (TPSA) is 47.1 Å². The maximum atomic E-state index is 5.91. The lowest BCUT2D eigenvalue weighted by Crippen LogP contribution is -2.39. The Balaban J connectivity index is 2.02. The van der Waals surface area contributed by atoms with Crippen molar-refractivity contribution in [2.24, 2.45) is 12.8 Å². The summed E-state index contributed by atoms with van der Waals surface area (Å²) in [5.41, 5.74) is 5.91. The molecule has 1 saturated carbocycles. The molecule has 4 heteroatoms. The minimum atomic E-state index is 0.413. The van der Waals surface area contributed by atoms with Crippen LogP contribution in [0.5, 0.6) is 0 Å². The van der Waals surface area contributed by atoms with Crippen LogP contribution in [0.1, 0.15) is 25.7 Å². The van der Waals surface area contributed by atoms with Crippen molar-refractivity contribution in [1.29, 1.82) is 0 Å². The highest BCUT2D eigenvalue weighted by molar-refractivity contribution is 5.31. The zero-order valence-electron chi connectivity index (χ0n) is 9.56. The molecule has 84 valence electrons. The van der Waals surface area contributed by atoms with E-state index in [-0.39, 0.29) is 0 Å². The summed E-state index contributed by atoms with van der Waals surface area (Å²) in [6.07, 6.45) is 8.48. The zero-order valence-corrected chi connectivity index (χ0v) is 9.56. The average molecular weight is 208 g/mol. The second-order valence-corrected chi connectivity index (χ2v) is 4.52. The number of hydrogen-bond acceptors (Lipinski definition) is 3. The van der Waals surface area contributed by atoms with Crippen molar-refractivity contribution >= 4 is 5.95 Å². The largest absolute Gasteiger partial charge is 0.342 e. The monoisotopic (exact) mass is 208 g/mol. The van der Waals surface area contributed by atoms with E-state index < -0.39 is 0 Å². The van der Waals surface area contributed by atoms with Gasteiger partial charge in [-0.15, -0.1) is 0 Å². The Bertz CT molecular complexity index is 312. The Kier molecular flexibility index (Phi) is 2.95. The maximum absolute atomic E-state index is 5.91. The van der Waals surface area contributed by atoms with Crippen LogP contribution in [0.4, 0.5) is 5.95 Å². The van der Waals surface area contributed by atoms with Crippen LogP contribution in [0.15, 0.2) is 12.4 Å². The van der Waals surface area contributed by atoms with Crippen LogP contribution in [0.3, 0.4) is 0 Å². The molecule has 0 bridgehead atoms. The van der Waals surface area contributed by atoms with Gasteiger partial charge in [-0.05, 0) is 25.7 Å². The van der Waals surface area contributed by atoms with E-state index in [0.717, 1.165) is 18.8 Å². The number of anilines is 1. The van der Waals surface area contributed by atoms with E-state index in [0.29, 0.717) is 12.1 Å². The van der Waals surface area contributed by atoms with Gasteiger partial charge in [0.05, 0.1) is 0 Å². The van der Waals surface area contributed by atoms with E-state index in [9.17, 15) is 0 Å². The zero-order chi connectivity index (χ0) is 10.8. The molecule has 2 rings (SSSR count). The van der Waals surface area contributed by atoms with Crippen molar-refractivity contribution in [2.75, 3.05) is 11.9 Å². The summed E-state index contributed by atoms with van der Waals surface area (Å²) < 4.78 is 2.06. The molecule has 4 nitrogen and oxygen atoms in total. The highest BCUT2D eigenvalue weighted by atomic mass is 15.3. The van der Waals surface area contributed by atoms with Gasteiger partial charge < -0.3 is 15.2 Å². The molecule has 1 aliphatic carbocycles. The molecule has 1 fully saturated rings. The number of hydrogen-bond donors (Lipinski definition) is 1. The van der Waals surface area contributed by atoms with Crippen LogP contribution >= 0.6 is 0 Å². The van der Waals surface area contributed by atoms with Crippen LogP contribution in [0.2, 0.25) is 0 Å². The van der Waals surface area contributed by atoms with Gasteiger partial charge in [0.15, 0.2) is 0 Å². The van der Waals surface area contributed by atoms with Crippen molar-refractivity contribution in [3.05, 3.63) is 12.4 Å². The molecule has 2 N–H and O–H groups in total. The Hall–Kier alpha value is -1.03. The highest BCUT2D eigenvalue weighted by Gasteiger charge is 2.23. The van der Waals surface area contributed by atoms with Gasteiger partial charge in [0.2, 0.25) is 5.95 Å². The van der Waals surface area contributed by atoms with E-state index in [2.05, 4.69) is 21.5 Å². The Labute approximate surface area is 91.1 Å². The molecule has 0 radical (unpaired) electrons. The molecule has 1 heterocycles. The summed E-state index contributed by atoms with van der Waals surface area (Å²) >= 11 is 0. The Morgan fingerprint density at radius 2 is 2.07 bits per heavy atom. The molecular formula is C11H20N4. The molecule has 0 aliphatic heterocycles. The van der Waals surface area contributed by atoms with Crippen LogP contribution < -0.4 is 10.6 Å². The normalized spacial score (nSPS) is 26.6. The lowest BCUT2D eigenvalue weighted by molar-refractivity contribution is 0.381. The molecule has 0 aromatic carbocycles. The highest BCUT2D eigenvalue weighted by Crippen LogP contribution is 2.24. The van der Waals surface area contributed by atoms with Gasteiger partial charge in [-0.2, -0.15) is 0 Å². The third kappa shape index (κ3) is 2.15. The summed E-state index contributed by atoms with van der Waals surface area (Å²) in [6.45, 7) is 0. The van der Waals surface area contributed by atoms with E-state index >= 15 is 0 Å². The van der Waals surface area contributed by atoms with Gasteiger partial charge in [0.1, 0.15) is 0 Å². The van der Waals surface area contributed by atoms with Gasteiger partial charge in [0.25, 0.3) is 0 Å². The van der Waals surface area contributed by atoms with Crippen molar-refractivity contribution in [3.8, 4) is 0 Å². The fourth-order valence-corrected chi connectivity index (χ4v) is 2.35. The number of aromatic nitrogens is 2. The summed E-state index contributed by atoms with van der Waals surface area (Å²) in [5, 5.41) is 0. The van der Waals surface area contributed by atoms with Gasteiger partial charge in [-0.1, -0.05) is 0 Å². The summed E-state index contributed by atoms with van der Waals surface area (Å²) in [4.78, 5) is 6.65. The first kappa shape index (κ1) is 10.5. The second-order valence-electron chi connectivity index (χ2n) is 4.52. The third-order valence-corrected chi connectivity index (χ3v) is 3.40. The van der Waals surface area contributed by atoms with Crippen molar-refractivity contribution < 1.29 is 0 Å². The van der Waals surface area contributed by atoms with Crippen LogP contribution in [0.25, 0.3) is 0 Å². The minimum absolute atomic E-state index is 0.413. The number of imidazole rings is 1. The molecule has 0 spiro atoms. The van der Waals surface area contributed by atoms with Gasteiger partial charge in [-0.3, -0.25) is 0 Å². The number of nitrogens with two attached hydrogens (primary N) is 1. The molecule has 1 aliphatic rings.